The number of rotatable bonds is 3. The van der Waals surface area contributed by atoms with Gasteiger partial charge in [0, 0.05) is 10.7 Å². The summed E-state index contributed by atoms with van der Waals surface area (Å²) < 4.78 is 35.8. The summed E-state index contributed by atoms with van der Waals surface area (Å²) in [6.07, 6.45) is 2.44. The summed E-state index contributed by atoms with van der Waals surface area (Å²) in [5, 5.41) is 0. The van der Waals surface area contributed by atoms with Crippen LogP contribution in [0.15, 0.2) is 18.2 Å². The normalized spacial score (nSPS) is 33.7. The zero-order valence-electron chi connectivity index (χ0n) is 10.0. The smallest absolute Gasteiger partial charge is 0.212 e. The van der Waals surface area contributed by atoms with Gasteiger partial charge < -0.3 is 0 Å². The first-order valence-corrected chi connectivity index (χ1v) is 8.41. The van der Waals surface area contributed by atoms with Crippen molar-refractivity contribution in [3.8, 4) is 0 Å². The zero-order chi connectivity index (χ0) is 13.2. The van der Waals surface area contributed by atoms with Crippen LogP contribution in [0.2, 0.25) is 0 Å². The Morgan fingerprint density at radius 1 is 1.33 bits per heavy atom. The van der Waals surface area contributed by atoms with Gasteiger partial charge in [-0.25, -0.2) is 12.8 Å². The number of hydrogen-bond donors (Lipinski definition) is 0. The first-order valence-electron chi connectivity index (χ1n) is 5.93. The molecular formula is C13H14ClFO2S. The Morgan fingerprint density at radius 2 is 1.94 bits per heavy atom. The van der Waals surface area contributed by atoms with Crippen molar-refractivity contribution in [2.75, 3.05) is 5.75 Å². The van der Waals surface area contributed by atoms with E-state index < -0.39 is 9.05 Å². The fourth-order valence-corrected chi connectivity index (χ4v) is 5.48. The highest BCUT2D eigenvalue weighted by Crippen LogP contribution is 2.74. The van der Waals surface area contributed by atoms with Crippen LogP contribution in [0.1, 0.15) is 30.4 Å². The van der Waals surface area contributed by atoms with Gasteiger partial charge in [0.25, 0.3) is 0 Å². The molecule has 5 heteroatoms. The summed E-state index contributed by atoms with van der Waals surface area (Å²) >= 11 is 0. The first-order chi connectivity index (χ1) is 8.24. The van der Waals surface area contributed by atoms with Crippen molar-refractivity contribution in [3.63, 3.8) is 0 Å². The Balaban J connectivity index is 1.78. The van der Waals surface area contributed by atoms with E-state index in [1.54, 1.807) is 19.1 Å². The molecule has 4 rings (SSSR count). The van der Waals surface area contributed by atoms with Crippen molar-refractivity contribution >= 4 is 19.7 Å². The molecule has 3 aliphatic carbocycles. The molecule has 2 bridgehead atoms. The molecule has 0 N–H and O–H groups in total. The molecule has 0 amide bonds. The third kappa shape index (κ3) is 1.77. The second-order valence-electron chi connectivity index (χ2n) is 5.96. The van der Waals surface area contributed by atoms with Crippen LogP contribution in [0.4, 0.5) is 4.39 Å². The average Bonchev–Trinajstić information content (AvgIpc) is 2.12. The maximum Gasteiger partial charge on any atom is 0.233 e. The topological polar surface area (TPSA) is 34.1 Å². The second-order valence-corrected chi connectivity index (χ2v) is 8.73. The van der Waals surface area contributed by atoms with Gasteiger partial charge in [0.15, 0.2) is 0 Å². The minimum atomic E-state index is -3.43. The van der Waals surface area contributed by atoms with Crippen molar-refractivity contribution in [3.05, 3.63) is 35.1 Å². The number of halogens is 2. The van der Waals surface area contributed by atoms with E-state index in [-0.39, 0.29) is 22.4 Å². The van der Waals surface area contributed by atoms with E-state index >= 15 is 0 Å². The van der Waals surface area contributed by atoms with Gasteiger partial charge in [0.2, 0.25) is 9.05 Å². The molecule has 0 spiro atoms. The molecule has 18 heavy (non-hydrogen) atoms. The Bertz CT molecular complexity index is 604. The van der Waals surface area contributed by atoms with Crippen molar-refractivity contribution in [1.29, 1.82) is 0 Å². The fraction of sp³-hybridized carbons (Fsp3) is 0.538. The van der Waals surface area contributed by atoms with Crippen LogP contribution in [-0.4, -0.2) is 14.2 Å². The van der Waals surface area contributed by atoms with Gasteiger partial charge in [0.05, 0.1) is 5.75 Å². The van der Waals surface area contributed by atoms with E-state index in [0.717, 1.165) is 24.8 Å². The Kier molecular flexibility index (Phi) is 2.40. The van der Waals surface area contributed by atoms with E-state index in [2.05, 4.69) is 0 Å². The van der Waals surface area contributed by atoms with Gasteiger partial charge >= 0.3 is 0 Å². The van der Waals surface area contributed by atoms with Gasteiger partial charge in [-0.05, 0) is 54.2 Å². The Labute approximate surface area is 111 Å². The van der Waals surface area contributed by atoms with Gasteiger partial charge in [-0.3, -0.25) is 0 Å². The Morgan fingerprint density at radius 3 is 2.44 bits per heavy atom. The highest BCUT2D eigenvalue weighted by molar-refractivity contribution is 8.13. The highest BCUT2D eigenvalue weighted by atomic mass is 35.7. The molecule has 1 aromatic carbocycles. The van der Waals surface area contributed by atoms with Crippen molar-refractivity contribution in [1.82, 2.24) is 0 Å². The van der Waals surface area contributed by atoms with Gasteiger partial charge in [-0.15, -0.1) is 0 Å². The fourth-order valence-electron chi connectivity index (χ4n) is 3.75. The number of benzene rings is 1. The van der Waals surface area contributed by atoms with E-state index in [1.807, 2.05) is 6.07 Å². The lowest BCUT2D eigenvalue weighted by Gasteiger charge is -2.71. The molecular weight excluding hydrogens is 275 g/mol. The molecule has 1 aromatic rings. The van der Waals surface area contributed by atoms with Crippen molar-refractivity contribution in [2.24, 2.45) is 5.41 Å². The maximum atomic E-state index is 13.5. The van der Waals surface area contributed by atoms with Crippen LogP contribution in [0.25, 0.3) is 0 Å². The molecule has 3 fully saturated rings. The lowest BCUT2D eigenvalue weighted by Crippen LogP contribution is -2.66. The van der Waals surface area contributed by atoms with Crippen LogP contribution < -0.4 is 0 Å². The third-order valence-corrected chi connectivity index (χ3v) is 5.69. The third-order valence-electron chi connectivity index (χ3n) is 4.40. The van der Waals surface area contributed by atoms with Crippen molar-refractivity contribution < 1.29 is 12.8 Å². The average molecular weight is 289 g/mol. The van der Waals surface area contributed by atoms with Gasteiger partial charge in [0.1, 0.15) is 5.82 Å². The molecule has 0 unspecified atom stereocenters. The standard InChI is InChI=1S/C13H14ClFO2S/c1-9-2-3-10(4-11(9)15)13-5-12(6-13,7-13)8-18(14,16)17/h2-4H,5-8H2,1H3. The first kappa shape index (κ1) is 12.4. The molecule has 3 saturated carbocycles. The van der Waals surface area contributed by atoms with Crippen molar-refractivity contribution in [2.45, 2.75) is 31.6 Å². The quantitative estimate of drug-likeness (QED) is 0.801. The maximum absolute atomic E-state index is 13.5. The molecule has 2 nitrogen and oxygen atoms in total. The predicted molar refractivity (Wildman–Crippen MR) is 68.7 cm³/mol. The lowest BCUT2D eigenvalue weighted by molar-refractivity contribution is -0.122. The molecule has 0 saturated heterocycles. The molecule has 0 aliphatic heterocycles. The summed E-state index contributed by atoms with van der Waals surface area (Å²) in [6.45, 7) is 1.74. The van der Waals surface area contributed by atoms with Gasteiger partial charge in [-0.1, -0.05) is 12.1 Å². The summed E-state index contributed by atoms with van der Waals surface area (Å²) in [5.74, 6) is -0.131. The summed E-state index contributed by atoms with van der Waals surface area (Å²) in [7, 11) is 1.87. The summed E-state index contributed by atoms with van der Waals surface area (Å²) in [5.41, 5.74) is 1.51. The zero-order valence-corrected chi connectivity index (χ0v) is 11.6. The van der Waals surface area contributed by atoms with Crippen LogP contribution in [0, 0.1) is 18.2 Å². The number of aryl methyl sites for hydroxylation is 1. The lowest BCUT2D eigenvalue weighted by atomic mass is 9.34. The Hall–Kier alpha value is -0.610. The van der Waals surface area contributed by atoms with E-state index in [0.29, 0.717) is 5.56 Å². The second kappa shape index (κ2) is 3.48. The van der Waals surface area contributed by atoms with Crippen LogP contribution in [0.5, 0.6) is 0 Å². The molecule has 0 heterocycles. The molecule has 0 radical (unpaired) electrons. The SMILES string of the molecule is Cc1ccc(C23CC(CS(=O)(=O)Cl)(C2)C3)cc1F. The van der Waals surface area contributed by atoms with E-state index in [9.17, 15) is 12.8 Å². The van der Waals surface area contributed by atoms with Crippen LogP contribution in [0.3, 0.4) is 0 Å². The molecule has 98 valence electrons. The van der Waals surface area contributed by atoms with Crippen LogP contribution >= 0.6 is 10.7 Å². The molecule has 0 aromatic heterocycles. The molecule has 0 atom stereocenters. The minimum absolute atomic E-state index is 0.0100. The van der Waals surface area contributed by atoms with E-state index in [4.69, 9.17) is 10.7 Å². The minimum Gasteiger partial charge on any atom is -0.212 e. The summed E-state index contributed by atoms with van der Waals surface area (Å²) in [4.78, 5) is 0. The van der Waals surface area contributed by atoms with Crippen LogP contribution in [-0.2, 0) is 14.5 Å². The highest BCUT2D eigenvalue weighted by Gasteiger charge is 2.69. The van der Waals surface area contributed by atoms with Gasteiger partial charge in [-0.2, -0.15) is 0 Å². The monoisotopic (exact) mass is 288 g/mol. The predicted octanol–water partition coefficient (Wildman–Crippen LogP) is 3.12. The number of hydrogen-bond acceptors (Lipinski definition) is 2. The largest absolute Gasteiger partial charge is 0.233 e. The molecule has 3 aliphatic rings. The van der Waals surface area contributed by atoms with E-state index in [1.165, 1.54) is 0 Å². The summed E-state index contributed by atoms with van der Waals surface area (Å²) in [6, 6.07) is 5.33.